The lowest BCUT2D eigenvalue weighted by molar-refractivity contribution is 0.326. The lowest BCUT2D eigenvalue weighted by Gasteiger charge is -2.18. The number of likely N-dealkylation sites (tertiary alicyclic amines) is 1. The minimum Gasteiger partial charge on any atom is -0.397 e. The Bertz CT molecular complexity index is 460. The summed E-state index contributed by atoms with van der Waals surface area (Å²) in [6.45, 7) is 2.29. The first-order valence-electron chi connectivity index (χ1n) is 6.38. The molecule has 2 aliphatic rings. The van der Waals surface area contributed by atoms with Gasteiger partial charge in [0.15, 0.2) is 0 Å². The monoisotopic (exact) mass is 285 g/mol. The zero-order valence-corrected chi connectivity index (χ0v) is 11.6. The average molecular weight is 286 g/mol. The fraction of sp³-hybridized carbons (Fsp3) is 0.538. The summed E-state index contributed by atoms with van der Waals surface area (Å²) in [6.07, 6.45) is 3.89. The maximum atomic E-state index is 6.02. The van der Waals surface area contributed by atoms with Crippen LogP contribution < -0.4 is 11.1 Å². The summed E-state index contributed by atoms with van der Waals surface area (Å²) >= 11 is 12.0. The summed E-state index contributed by atoms with van der Waals surface area (Å²) in [5, 5.41) is 4.53. The van der Waals surface area contributed by atoms with Gasteiger partial charge in [0.1, 0.15) is 0 Å². The minimum absolute atomic E-state index is 0.463. The number of rotatable bonds is 3. The number of nitrogens with zero attached hydrogens (tertiary/aromatic N) is 1. The quantitative estimate of drug-likeness (QED) is 0.838. The Kier molecular flexibility index (Phi) is 3.31. The molecule has 1 heterocycles. The summed E-state index contributed by atoms with van der Waals surface area (Å²) < 4.78 is 0. The number of nitrogens with one attached hydrogen (secondary N) is 1. The first-order valence-corrected chi connectivity index (χ1v) is 7.14. The highest BCUT2D eigenvalue weighted by Crippen LogP contribution is 2.33. The third kappa shape index (κ3) is 2.53. The van der Waals surface area contributed by atoms with Crippen LogP contribution in [0.25, 0.3) is 0 Å². The van der Waals surface area contributed by atoms with Crippen LogP contribution in [0, 0.1) is 0 Å². The van der Waals surface area contributed by atoms with Gasteiger partial charge in [0.25, 0.3) is 0 Å². The highest BCUT2D eigenvalue weighted by atomic mass is 35.5. The summed E-state index contributed by atoms with van der Waals surface area (Å²) in [5.74, 6) is 0. The Morgan fingerprint density at radius 3 is 2.61 bits per heavy atom. The maximum Gasteiger partial charge on any atom is 0.0614 e. The van der Waals surface area contributed by atoms with E-state index in [0.717, 1.165) is 24.7 Å². The molecular weight excluding hydrogens is 269 g/mol. The zero-order chi connectivity index (χ0) is 12.7. The Balaban J connectivity index is 1.67. The lowest BCUT2D eigenvalue weighted by Crippen LogP contribution is -2.27. The number of anilines is 2. The molecule has 5 heteroatoms. The van der Waals surface area contributed by atoms with Crippen LogP contribution in [0.2, 0.25) is 10.0 Å². The smallest absolute Gasteiger partial charge is 0.0614 e. The molecule has 3 rings (SSSR count). The van der Waals surface area contributed by atoms with E-state index in [1.165, 1.54) is 19.4 Å². The Hall–Kier alpha value is -0.640. The summed E-state index contributed by atoms with van der Waals surface area (Å²) in [7, 11) is 0. The van der Waals surface area contributed by atoms with E-state index in [-0.39, 0.29) is 0 Å². The van der Waals surface area contributed by atoms with Crippen molar-refractivity contribution in [2.45, 2.75) is 31.3 Å². The van der Waals surface area contributed by atoms with Gasteiger partial charge in [-0.2, -0.15) is 0 Å². The molecule has 1 atom stereocenters. The Morgan fingerprint density at radius 2 is 1.89 bits per heavy atom. The van der Waals surface area contributed by atoms with Gasteiger partial charge in [-0.05, 0) is 31.4 Å². The summed E-state index contributed by atoms with van der Waals surface area (Å²) in [4.78, 5) is 2.56. The van der Waals surface area contributed by atoms with E-state index in [2.05, 4.69) is 10.2 Å². The van der Waals surface area contributed by atoms with Crippen LogP contribution in [0.15, 0.2) is 12.1 Å². The number of halogens is 2. The minimum atomic E-state index is 0.463. The molecule has 2 fully saturated rings. The van der Waals surface area contributed by atoms with E-state index in [4.69, 9.17) is 28.9 Å². The molecule has 1 aromatic carbocycles. The highest BCUT2D eigenvalue weighted by Gasteiger charge is 2.34. The molecule has 0 amide bonds. The Morgan fingerprint density at radius 1 is 1.17 bits per heavy atom. The number of hydrogen-bond donors (Lipinski definition) is 2. The number of nitrogen functional groups attached to an aromatic ring is 1. The predicted molar refractivity (Wildman–Crippen MR) is 77.5 cm³/mol. The van der Waals surface area contributed by atoms with E-state index in [1.807, 2.05) is 6.07 Å². The molecule has 3 nitrogen and oxygen atoms in total. The van der Waals surface area contributed by atoms with Crippen LogP contribution in [0.1, 0.15) is 19.3 Å². The van der Waals surface area contributed by atoms with Crippen molar-refractivity contribution in [3.8, 4) is 0 Å². The van der Waals surface area contributed by atoms with Gasteiger partial charge in [-0.25, -0.2) is 0 Å². The highest BCUT2D eigenvalue weighted by molar-refractivity contribution is 6.42. The molecule has 18 heavy (non-hydrogen) atoms. The second kappa shape index (κ2) is 4.80. The normalized spacial score (nSPS) is 24.4. The molecule has 1 aliphatic carbocycles. The molecule has 1 saturated heterocycles. The zero-order valence-electron chi connectivity index (χ0n) is 10.1. The van der Waals surface area contributed by atoms with Crippen LogP contribution in [0.3, 0.4) is 0 Å². The van der Waals surface area contributed by atoms with Crippen molar-refractivity contribution < 1.29 is 0 Å². The van der Waals surface area contributed by atoms with Crippen molar-refractivity contribution in [2.75, 3.05) is 24.1 Å². The fourth-order valence-electron chi connectivity index (χ4n) is 2.58. The summed E-state index contributed by atoms with van der Waals surface area (Å²) in [6, 6.07) is 4.83. The molecule has 0 bridgehead atoms. The van der Waals surface area contributed by atoms with E-state index >= 15 is 0 Å². The molecule has 1 aliphatic heterocycles. The molecule has 0 spiro atoms. The van der Waals surface area contributed by atoms with Gasteiger partial charge >= 0.3 is 0 Å². The molecule has 0 aromatic heterocycles. The first kappa shape index (κ1) is 12.4. The van der Waals surface area contributed by atoms with Gasteiger partial charge in [0.05, 0.1) is 21.4 Å². The van der Waals surface area contributed by atoms with Gasteiger partial charge in [0.2, 0.25) is 0 Å². The van der Waals surface area contributed by atoms with E-state index in [0.29, 0.717) is 21.8 Å². The molecule has 1 aromatic rings. The van der Waals surface area contributed by atoms with Gasteiger partial charge in [-0.3, -0.25) is 4.90 Å². The predicted octanol–water partition coefficient (Wildman–Crippen LogP) is 3.22. The largest absolute Gasteiger partial charge is 0.397 e. The molecule has 3 N–H and O–H groups in total. The summed E-state index contributed by atoms with van der Waals surface area (Å²) in [5.41, 5.74) is 7.51. The van der Waals surface area contributed by atoms with Gasteiger partial charge in [0, 0.05) is 25.2 Å². The van der Waals surface area contributed by atoms with Gasteiger partial charge in [-0.15, -0.1) is 0 Å². The second-order valence-electron chi connectivity index (χ2n) is 5.21. The molecule has 1 unspecified atom stereocenters. The van der Waals surface area contributed by atoms with Crippen LogP contribution in [-0.2, 0) is 0 Å². The van der Waals surface area contributed by atoms with Crippen molar-refractivity contribution in [2.24, 2.45) is 0 Å². The topological polar surface area (TPSA) is 41.3 Å². The average Bonchev–Trinajstić information content (AvgIpc) is 3.07. The van der Waals surface area contributed by atoms with Crippen molar-refractivity contribution >= 4 is 34.6 Å². The third-order valence-electron chi connectivity index (χ3n) is 3.74. The number of benzene rings is 1. The van der Waals surface area contributed by atoms with E-state index in [9.17, 15) is 0 Å². The number of hydrogen-bond acceptors (Lipinski definition) is 3. The van der Waals surface area contributed by atoms with Gasteiger partial charge in [-0.1, -0.05) is 23.2 Å². The van der Waals surface area contributed by atoms with Crippen LogP contribution in [-0.4, -0.2) is 30.1 Å². The fourth-order valence-corrected chi connectivity index (χ4v) is 2.92. The van der Waals surface area contributed by atoms with Crippen molar-refractivity contribution in [3.63, 3.8) is 0 Å². The van der Waals surface area contributed by atoms with Crippen LogP contribution >= 0.6 is 23.2 Å². The maximum absolute atomic E-state index is 6.02. The molecule has 98 valence electrons. The van der Waals surface area contributed by atoms with E-state index in [1.54, 1.807) is 6.07 Å². The van der Waals surface area contributed by atoms with Gasteiger partial charge < -0.3 is 11.1 Å². The van der Waals surface area contributed by atoms with E-state index < -0.39 is 0 Å². The van der Waals surface area contributed by atoms with Crippen molar-refractivity contribution in [3.05, 3.63) is 22.2 Å². The lowest BCUT2D eigenvalue weighted by atomic mass is 10.2. The third-order valence-corrected chi connectivity index (χ3v) is 4.46. The molecule has 0 radical (unpaired) electrons. The van der Waals surface area contributed by atoms with Crippen LogP contribution in [0.4, 0.5) is 11.4 Å². The molecule has 1 saturated carbocycles. The number of nitrogens with two attached hydrogens (primary N) is 1. The second-order valence-corrected chi connectivity index (χ2v) is 6.02. The first-order chi connectivity index (χ1) is 8.63. The molecular formula is C13H17Cl2N3. The SMILES string of the molecule is Nc1cc(Cl)c(Cl)cc1NC1CCN(C2CC2)C1. The Labute approximate surface area is 117 Å². The standard InChI is InChI=1S/C13H17Cl2N3/c14-10-5-12(16)13(6-11(10)15)17-8-3-4-18(7-8)9-1-2-9/h5-6,8-9,17H,1-4,7,16H2. The van der Waals surface area contributed by atoms with Crippen molar-refractivity contribution in [1.29, 1.82) is 0 Å². The van der Waals surface area contributed by atoms with Crippen molar-refractivity contribution in [1.82, 2.24) is 4.90 Å². The van der Waals surface area contributed by atoms with Crippen LogP contribution in [0.5, 0.6) is 0 Å².